The molecule has 11 nitrogen and oxygen atoms in total. The zero-order valence-electron chi connectivity index (χ0n) is 21.5. The quantitative estimate of drug-likeness (QED) is 0.364. The van der Waals surface area contributed by atoms with Gasteiger partial charge in [0.2, 0.25) is 0 Å². The first-order valence-electron chi connectivity index (χ1n) is 12.0. The van der Waals surface area contributed by atoms with Gasteiger partial charge in [-0.25, -0.2) is 14.4 Å². The Hall–Kier alpha value is -3.60. The number of piperazine rings is 1. The van der Waals surface area contributed by atoms with E-state index in [0.717, 1.165) is 10.9 Å². The predicted molar refractivity (Wildman–Crippen MR) is 133 cm³/mol. The number of amides is 2. The van der Waals surface area contributed by atoms with Crippen molar-refractivity contribution >= 4 is 40.5 Å². The second-order valence-electron chi connectivity index (χ2n) is 9.36. The molecule has 0 spiro atoms. The molecule has 1 saturated heterocycles. The molecule has 0 aliphatic carbocycles. The Bertz CT molecular complexity index is 1130. The molecule has 1 aromatic carbocycles. The molecule has 11 heteroatoms. The average molecular weight is 503 g/mol. The summed E-state index contributed by atoms with van der Waals surface area (Å²) in [5.41, 5.74) is 0.525. The SMILES string of the molecule is CCOC(=O)C(=O)Nc1cc2c(ccn2CN2CCN(C(=O)OC(C)(C)C)CC2)cc1C(=O)OCC. The Morgan fingerprint density at radius 3 is 2.25 bits per heavy atom. The Balaban J connectivity index is 1.78. The molecule has 36 heavy (non-hydrogen) atoms. The molecule has 0 bridgehead atoms. The van der Waals surface area contributed by atoms with Crippen molar-refractivity contribution in [1.29, 1.82) is 0 Å². The van der Waals surface area contributed by atoms with Crippen LogP contribution in [0.4, 0.5) is 10.5 Å². The maximum atomic E-state index is 12.5. The number of hydrogen-bond donors (Lipinski definition) is 1. The summed E-state index contributed by atoms with van der Waals surface area (Å²) in [5.74, 6) is -2.62. The lowest BCUT2D eigenvalue weighted by Crippen LogP contribution is -2.50. The Labute approximate surface area is 210 Å². The van der Waals surface area contributed by atoms with Crippen LogP contribution in [0.3, 0.4) is 0 Å². The van der Waals surface area contributed by atoms with Gasteiger partial charge in [-0.05, 0) is 52.8 Å². The number of anilines is 1. The highest BCUT2D eigenvalue weighted by molar-refractivity contribution is 6.37. The molecule has 1 fully saturated rings. The normalized spacial score (nSPS) is 14.4. The highest BCUT2D eigenvalue weighted by atomic mass is 16.6. The van der Waals surface area contributed by atoms with Crippen molar-refractivity contribution in [1.82, 2.24) is 14.4 Å². The number of esters is 2. The molecule has 1 aliphatic rings. The molecule has 1 aliphatic heterocycles. The van der Waals surface area contributed by atoms with E-state index in [-0.39, 0.29) is 30.6 Å². The molecule has 1 N–H and O–H groups in total. The number of carbonyl (C=O) groups excluding carboxylic acids is 4. The minimum Gasteiger partial charge on any atom is -0.462 e. The molecule has 2 heterocycles. The third kappa shape index (κ3) is 6.75. The second kappa shape index (κ2) is 11.4. The molecule has 0 saturated carbocycles. The van der Waals surface area contributed by atoms with Gasteiger partial charge in [0.1, 0.15) is 5.60 Å². The summed E-state index contributed by atoms with van der Waals surface area (Å²) in [6.07, 6.45) is 1.57. The average Bonchev–Trinajstić information content (AvgIpc) is 3.19. The van der Waals surface area contributed by atoms with E-state index < -0.39 is 23.4 Å². The summed E-state index contributed by atoms with van der Waals surface area (Å²) in [5, 5.41) is 3.26. The van der Waals surface area contributed by atoms with Crippen LogP contribution >= 0.6 is 0 Å². The van der Waals surface area contributed by atoms with Crippen LogP contribution < -0.4 is 5.32 Å². The second-order valence-corrected chi connectivity index (χ2v) is 9.36. The van der Waals surface area contributed by atoms with Crippen LogP contribution in [0.2, 0.25) is 0 Å². The van der Waals surface area contributed by atoms with Crippen molar-refractivity contribution in [2.24, 2.45) is 0 Å². The molecule has 0 atom stereocenters. The molecule has 1 aromatic heterocycles. The molecular weight excluding hydrogens is 468 g/mol. The van der Waals surface area contributed by atoms with Gasteiger partial charge >= 0.3 is 23.9 Å². The summed E-state index contributed by atoms with van der Waals surface area (Å²) in [6, 6.07) is 5.15. The summed E-state index contributed by atoms with van der Waals surface area (Å²) < 4.78 is 17.3. The van der Waals surface area contributed by atoms with E-state index in [0.29, 0.717) is 32.8 Å². The number of aromatic nitrogens is 1. The highest BCUT2D eigenvalue weighted by Crippen LogP contribution is 2.27. The van der Waals surface area contributed by atoms with Crippen LogP contribution in [0.1, 0.15) is 45.0 Å². The topological polar surface area (TPSA) is 119 Å². The zero-order valence-corrected chi connectivity index (χ0v) is 21.5. The van der Waals surface area contributed by atoms with Crippen LogP contribution in [0.15, 0.2) is 24.4 Å². The minimum atomic E-state index is -1.04. The van der Waals surface area contributed by atoms with Crippen LogP contribution in [0.5, 0.6) is 0 Å². The third-order valence-corrected chi connectivity index (χ3v) is 5.49. The van der Waals surface area contributed by atoms with Gasteiger partial charge in [-0.2, -0.15) is 0 Å². The number of nitrogens with one attached hydrogen (secondary N) is 1. The lowest BCUT2D eigenvalue weighted by Gasteiger charge is -2.35. The zero-order chi connectivity index (χ0) is 26.5. The fourth-order valence-electron chi connectivity index (χ4n) is 3.83. The first-order chi connectivity index (χ1) is 17.0. The van der Waals surface area contributed by atoms with E-state index in [1.54, 1.807) is 30.9 Å². The first-order valence-corrected chi connectivity index (χ1v) is 12.0. The van der Waals surface area contributed by atoms with Crippen molar-refractivity contribution in [3.8, 4) is 0 Å². The first kappa shape index (κ1) is 27.0. The molecule has 3 rings (SSSR count). The highest BCUT2D eigenvalue weighted by Gasteiger charge is 2.26. The van der Waals surface area contributed by atoms with Gasteiger partial charge in [0, 0.05) is 37.8 Å². The third-order valence-electron chi connectivity index (χ3n) is 5.49. The number of benzene rings is 1. The van der Waals surface area contributed by atoms with E-state index in [4.69, 9.17) is 14.2 Å². The van der Waals surface area contributed by atoms with E-state index >= 15 is 0 Å². The Kier molecular flexibility index (Phi) is 8.57. The largest absolute Gasteiger partial charge is 0.462 e. The Morgan fingerprint density at radius 1 is 0.972 bits per heavy atom. The van der Waals surface area contributed by atoms with E-state index in [1.807, 2.05) is 37.6 Å². The summed E-state index contributed by atoms with van der Waals surface area (Å²) in [4.78, 5) is 52.9. The van der Waals surface area contributed by atoms with Crippen LogP contribution in [0, 0.1) is 0 Å². The van der Waals surface area contributed by atoms with E-state index in [9.17, 15) is 19.2 Å². The van der Waals surface area contributed by atoms with Gasteiger partial charge < -0.3 is 29.0 Å². The van der Waals surface area contributed by atoms with Gasteiger partial charge in [-0.15, -0.1) is 0 Å². The van der Waals surface area contributed by atoms with Crippen LogP contribution in [-0.2, 0) is 30.5 Å². The summed E-state index contributed by atoms with van der Waals surface area (Å²) in [7, 11) is 0. The molecule has 2 amide bonds. The fraction of sp³-hybridized carbons (Fsp3) is 0.520. The van der Waals surface area contributed by atoms with Crippen molar-refractivity contribution in [3.63, 3.8) is 0 Å². The number of rotatable bonds is 6. The van der Waals surface area contributed by atoms with Gasteiger partial charge in [0.25, 0.3) is 0 Å². The standard InChI is InChI=1S/C25H34N4O7/c1-6-34-22(31)18-14-17-8-9-29(20(17)15-19(18)26-21(30)23(32)35-7-2)16-27-10-12-28(13-11-27)24(33)36-25(3,4)5/h8-9,14-15H,6-7,10-13,16H2,1-5H3,(H,26,30). The molecule has 196 valence electrons. The Morgan fingerprint density at radius 2 is 1.64 bits per heavy atom. The van der Waals surface area contributed by atoms with Crippen LogP contribution in [0.25, 0.3) is 10.9 Å². The number of carbonyl (C=O) groups is 4. The number of fused-ring (bicyclic) bond motifs is 1. The predicted octanol–water partition coefficient (Wildman–Crippen LogP) is 2.83. The van der Waals surface area contributed by atoms with Crippen molar-refractivity contribution in [2.45, 2.75) is 46.9 Å². The van der Waals surface area contributed by atoms with E-state index in [1.165, 1.54) is 0 Å². The van der Waals surface area contributed by atoms with E-state index in [2.05, 4.69) is 10.2 Å². The van der Waals surface area contributed by atoms with Gasteiger partial charge in [0.05, 0.1) is 36.6 Å². The molecular formula is C25H34N4O7. The number of nitrogens with zero attached hydrogens (tertiary/aromatic N) is 3. The number of hydrogen-bond acceptors (Lipinski definition) is 8. The van der Waals surface area contributed by atoms with Gasteiger partial charge in [-0.3, -0.25) is 9.69 Å². The molecule has 0 radical (unpaired) electrons. The van der Waals surface area contributed by atoms with Gasteiger partial charge in [0.15, 0.2) is 0 Å². The van der Waals surface area contributed by atoms with Crippen molar-refractivity contribution < 1.29 is 33.4 Å². The maximum absolute atomic E-state index is 12.5. The maximum Gasteiger partial charge on any atom is 0.410 e. The molecule has 0 unspecified atom stereocenters. The summed E-state index contributed by atoms with van der Waals surface area (Å²) >= 11 is 0. The number of ether oxygens (including phenoxy) is 3. The lowest BCUT2D eigenvalue weighted by molar-refractivity contribution is -0.152. The van der Waals surface area contributed by atoms with Crippen molar-refractivity contribution in [2.75, 3.05) is 44.7 Å². The minimum absolute atomic E-state index is 0.0556. The smallest absolute Gasteiger partial charge is 0.410 e. The monoisotopic (exact) mass is 502 g/mol. The van der Waals surface area contributed by atoms with Crippen molar-refractivity contribution in [3.05, 3.63) is 30.0 Å². The van der Waals surface area contributed by atoms with Gasteiger partial charge in [-0.1, -0.05) is 0 Å². The summed E-state index contributed by atoms with van der Waals surface area (Å²) in [6.45, 7) is 12.0. The van der Waals surface area contributed by atoms with Crippen LogP contribution in [-0.4, -0.2) is 83.3 Å². The molecule has 2 aromatic rings. The fourth-order valence-corrected chi connectivity index (χ4v) is 3.83. The lowest BCUT2D eigenvalue weighted by atomic mass is 10.1.